The van der Waals surface area contributed by atoms with Crippen molar-refractivity contribution in [3.8, 4) is 0 Å². The largest absolute Gasteiger partial charge is 0.368 e. The van der Waals surface area contributed by atoms with Crippen LogP contribution in [-0.2, 0) is 20.0 Å². The maximum absolute atomic E-state index is 15.6. The number of alkyl halides is 1. The van der Waals surface area contributed by atoms with Crippen molar-refractivity contribution in [3.63, 3.8) is 0 Å². The SMILES string of the molecule is C[C@H]1C[C@@](F)(CO[P@](=O)(I)Cc2ccccc2)O[C@H]1n1cnc2c(N(C)C)nc(N)nc21. The van der Waals surface area contributed by atoms with Crippen molar-refractivity contribution in [2.45, 2.75) is 31.6 Å². The first-order valence-corrected chi connectivity index (χ1v) is 14.7. The highest BCUT2D eigenvalue weighted by molar-refractivity contribution is 14.2. The van der Waals surface area contributed by atoms with Crippen molar-refractivity contribution in [2.75, 3.05) is 31.3 Å². The lowest BCUT2D eigenvalue weighted by Crippen LogP contribution is -2.28. The predicted octanol–water partition coefficient (Wildman–Crippen LogP) is 4.54. The average molecular weight is 574 g/mol. The molecular formula is C20H25FIN6O3P. The molecule has 3 heterocycles. The van der Waals surface area contributed by atoms with Gasteiger partial charge in [-0.25, -0.2) is 9.37 Å². The predicted molar refractivity (Wildman–Crippen MR) is 130 cm³/mol. The molecule has 1 saturated heterocycles. The summed E-state index contributed by atoms with van der Waals surface area (Å²) in [5, 5.41) is -3.08. The number of hydrogen-bond acceptors (Lipinski definition) is 8. The highest BCUT2D eigenvalue weighted by atomic mass is 127. The number of aromatic nitrogens is 4. The van der Waals surface area contributed by atoms with Crippen molar-refractivity contribution < 1.29 is 18.2 Å². The van der Waals surface area contributed by atoms with Gasteiger partial charge in [-0.2, -0.15) is 9.97 Å². The van der Waals surface area contributed by atoms with E-state index in [-0.39, 0.29) is 24.4 Å². The van der Waals surface area contributed by atoms with E-state index in [2.05, 4.69) is 15.0 Å². The number of hydrogen-bond donors (Lipinski definition) is 1. The van der Waals surface area contributed by atoms with Crippen LogP contribution in [0.4, 0.5) is 16.2 Å². The minimum atomic E-state index is -3.08. The van der Waals surface area contributed by atoms with Crippen LogP contribution in [-0.4, -0.2) is 46.1 Å². The Bertz CT molecular complexity index is 1160. The number of nitrogens with two attached hydrogens (primary N) is 1. The Hall–Kier alpha value is -1.82. The molecule has 2 aromatic heterocycles. The zero-order chi connectivity index (χ0) is 23.1. The van der Waals surface area contributed by atoms with Gasteiger partial charge in [-0.15, -0.1) is 0 Å². The third-order valence-corrected chi connectivity index (χ3v) is 8.37. The molecule has 0 bridgehead atoms. The molecule has 1 fully saturated rings. The Kier molecular flexibility index (Phi) is 6.45. The molecule has 0 saturated carbocycles. The van der Waals surface area contributed by atoms with Gasteiger partial charge in [-0.1, -0.05) is 37.3 Å². The number of nitrogen functional groups attached to an aromatic ring is 1. The van der Waals surface area contributed by atoms with Crippen LogP contribution >= 0.6 is 27.1 Å². The first kappa shape index (κ1) is 23.3. The Morgan fingerprint density at radius 1 is 1.38 bits per heavy atom. The van der Waals surface area contributed by atoms with Crippen LogP contribution in [0.15, 0.2) is 36.7 Å². The van der Waals surface area contributed by atoms with Crippen molar-refractivity contribution in [2.24, 2.45) is 5.92 Å². The second-order valence-corrected chi connectivity index (χ2v) is 14.4. The lowest BCUT2D eigenvalue weighted by atomic mass is 10.1. The Balaban J connectivity index is 1.51. The Morgan fingerprint density at radius 3 is 2.78 bits per heavy atom. The van der Waals surface area contributed by atoms with E-state index in [1.54, 1.807) is 37.8 Å². The summed E-state index contributed by atoms with van der Waals surface area (Å²) in [6, 6.07) is 9.34. The van der Waals surface area contributed by atoms with Crippen molar-refractivity contribution >= 4 is 50.0 Å². The van der Waals surface area contributed by atoms with E-state index >= 15 is 4.39 Å². The molecule has 4 rings (SSSR count). The van der Waals surface area contributed by atoms with Gasteiger partial charge in [0.15, 0.2) is 17.0 Å². The molecule has 32 heavy (non-hydrogen) atoms. The van der Waals surface area contributed by atoms with E-state index < -0.39 is 23.7 Å². The van der Waals surface area contributed by atoms with Crippen LogP contribution < -0.4 is 10.6 Å². The van der Waals surface area contributed by atoms with Crippen molar-refractivity contribution in [1.82, 2.24) is 19.5 Å². The first-order valence-electron chi connectivity index (χ1n) is 10.1. The summed E-state index contributed by atoms with van der Waals surface area (Å²) in [6.07, 6.45) is 1.19. The molecule has 4 atom stereocenters. The monoisotopic (exact) mass is 574 g/mol. The summed E-state index contributed by atoms with van der Waals surface area (Å²) in [7, 11) is 3.66. The van der Waals surface area contributed by atoms with Gasteiger partial charge in [0.05, 0.1) is 12.5 Å². The lowest BCUT2D eigenvalue weighted by molar-refractivity contribution is -0.172. The maximum Gasteiger partial charge on any atom is 0.264 e. The molecule has 0 amide bonds. The number of imidazole rings is 1. The number of halogens is 2. The standard InChI is InChI=1S/C20H25FIN6O3P/c1-13-9-20(21,11-30-32(22,29)10-14-7-5-4-6-8-14)31-18(13)28-12-24-15-16(27(2)3)25-19(23)26-17(15)28/h4-8,12-13,18H,9-11H2,1-3H3,(H2,23,25,26)/t13-,18+,20-,32-/m0/s1. The molecule has 0 spiro atoms. The van der Waals surface area contributed by atoms with Gasteiger partial charge in [-0.3, -0.25) is 9.13 Å². The molecule has 172 valence electrons. The molecule has 0 aliphatic carbocycles. The van der Waals surface area contributed by atoms with E-state index in [1.165, 1.54) is 0 Å². The molecule has 0 radical (unpaired) electrons. The summed E-state index contributed by atoms with van der Waals surface area (Å²) in [6.45, 7) is 1.45. The second kappa shape index (κ2) is 8.85. The zero-order valence-corrected chi connectivity index (χ0v) is 21.0. The number of benzene rings is 1. The van der Waals surface area contributed by atoms with Gasteiger partial charge in [0.2, 0.25) is 11.8 Å². The molecule has 1 aliphatic rings. The fraction of sp³-hybridized carbons (Fsp3) is 0.450. The van der Waals surface area contributed by atoms with Gasteiger partial charge < -0.3 is 19.9 Å². The van der Waals surface area contributed by atoms with E-state index in [9.17, 15) is 4.57 Å². The van der Waals surface area contributed by atoms with E-state index in [4.69, 9.17) is 15.0 Å². The Morgan fingerprint density at radius 2 is 2.09 bits per heavy atom. The van der Waals surface area contributed by atoms with Gasteiger partial charge in [0.1, 0.15) is 12.8 Å². The van der Waals surface area contributed by atoms with Crippen LogP contribution in [0.25, 0.3) is 11.2 Å². The minimum Gasteiger partial charge on any atom is -0.368 e. The number of ether oxygens (including phenoxy) is 1. The molecule has 2 N–H and O–H groups in total. The quantitative estimate of drug-likeness (QED) is 0.324. The molecule has 9 nitrogen and oxygen atoms in total. The highest BCUT2D eigenvalue weighted by Crippen LogP contribution is 2.59. The summed E-state index contributed by atoms with van der Waals surface area (Å²) in [5.74, 6) is -1.63. The summed E-state index contributed by atoms with van der Waals surface area (Å²) < 4.78 is 41.5. The molecule has 3 aromatic rings. The fourth-order valence-electron chi connectivity index (χ4n) is 3.84. The molecule has 1 aromatic carbocycles. The lowest BCUT2D eigenvalue weighted by Gasteiger charge is -2.23. The van der Waals surface area contributed by atoms with Crippen LogP contribution in [0, 0.1) is 5.92 Å². The smallest absolute Gasteiger partial charge is 0.264 e. The zero-order valence-electron chi connectivity index (χ0n) is 18.0. The van der Waals surface area contributed by atoms with E-state index in [1.807, 2.05) is 51.4 Å². The summed E-state index contributed by atoms with van der Waals surface area (Å²) >= 11 is 1.78. The van der Waals surface area contributed by atoms with Gasteiger partial charge >= 0.3 is 0 Å². The number of anilines is 2. The van der Waals surface area contributed by atoms with E-state index in [0.29, 0.717) is 17.0 Å². The summed E-state index contributed by atoms with van der Waals surface area (Å²) in [5.41, 5.74) is 7.76. The van der Waals surface area contributed by atoms with Gasteiger partial charge in [0.25, 0.3) is 5.01 Å². The van der Waals surface area contributed by atoms with Crippen molar-refractivity contribution in [3.05, 3.63) is 42.2 Å². The van der Waals surface area contributed by atoms with Gasteiger partial charge in [0, 0.05) is 48.5 Å². The fourth-order valence-corrected chi connectivity index (χ4v) is 6.57. The molecule has 12 heteroatoms. The highest BCUT2D eigenvalue weighted by Gasteiger charge is 2.48. The molecule has 1 aliphatic heterocycles. The third-order valence-electron chi connectivity index (χ3n) is 5.25. The van der Waals surface area contributed by atoms with Crippen LogP contribution in [0.5, 0.6) is 0 Å². The minimum absolute atomic E-state index is 0.0838. The summed E-state index contributed by atoms with van der Waals surface area (Å²) in [4.78, 5) is 14.7. The topological polar surface area (TPSA) is 108 Å². The molecule has 0 unspecified atom stereocenters. The number of fused-ring (bicyclic) bond motifs is 1. The third kappa shape index (κ3) is 4.90. The Labute approximate surface area is 198 Å². The van der Waals surface area contributed by atoms with Crippen LogP contribution in [0.3, 0.4) is 0 Å². The number of nitrogens with zero attached hydrogens (tertiary/aromatic N) is 5. The first-order chi connectivity index (χ1) is 15.1. The normalized spacial score (nSPS) is 25.2. The van der Waals surface area contributed by atoms with Crippen molar-refractivity contribution in [1.29, 1.82) is 0 Å². The van der Waals surface area contributed by atoms with Crippen LogP contribution in [0.1, 0.15) is 25.1 Å². The average Bonchev–Trinajstić information content (AvgIpc) is 3.26. The van der Waals surface area contributed by atoms with Crippen LogP contribution in [0.2, 0.25) is 0 Å². The van der Waals surface area contributed by atoms with Gasteiger partial charge in [-0.05, 0) is 5.56 Å². The van der Waals surface area contributed by atoms with E-state index in [0.717, 1.165) is 5.56 Å². The second-order valence-electron chi connectivity index (χ2n) is 8.20. The molecular weight excluding hydrogens is 549 g/mol. The number of rotatable bonds is 7. The maximum atomic E-state index is 15.6.